The third-order valence-electron chi connectivity index (χ3n) is 3.33. The summed E-state index contributed by atoms with van der Waals surface area (Å²) in [6, 6.07) is 8.15. The van der Waals surface area contributed by atoms with Crippen molar-refractivity contribution in [1.29, 1.82) is 5.26 Å². The lowest BCUT2D eigenvalue weighted by Crippen LogP contribution is -2.35. The van der Waals surface area contributed by atoms with E-state index in [1.54, 1.807) is 24.3 Å². The van der Waals surface area contributed by atoms with Gasteiger partial charge in [-0.25, -0.2) is 14.8 Å². The average Bonchev–Trinajstić information content (AvgIpc) is 2.62. The first kappa shape index (κ1) is 22.3. The Bertz CT molecular complexity index is 957. The topological polar surface area (TPSA) is 93.4 Å². The van der Waals surface area contributed by atoms with Crippen LogP contribution in [0.2, 0.25) is 10.0 Å². The van der Waals surface area contributed by atoms with Gasteiger partial charge in [-0.2, -0.15) is 23.5 Å². The molecule has 29 heavy (non-hydrogen) atoms. The van der Waals surface area contributed by atoms with Gasteiger partial charge in [0.25, 0.3) is 0 Å². The summed E-state index contributed by atoms with van der Waals surface area (Å²) in [7, 11) is 1.36. The Balaban J connectivity index is 2.15. The maximum Gasteiger partial charge on any atom is 0.417 e. The molecule has 0 aliphatic heterocycles. The highest BCUT2D eigenvalue weighted by atomic mass is 35.5. The number of nitrogens with one attached hydrogen (secondary N) is 2. The third kappa shape index (κ3) is 6.51. The van der Waals surface area contributed by atoms with Crippen LogP contribution >= 0.6 is 23.2 Å². The molecule has 1 aromatic carbocycles. The Morgan fingerprint density at radius 3 is 2.52 bits per heavy atom. The molecule has 0 fully saturated rings. The van der Waals surface area contributed by atoms with E-state index in [0.717, 1.165) is 5.01 Å². The Hall–Kier alpha value is -3.03. The molecule has 152 valence electrons. The molecular weight excluding hydrogens is 432 g/mol. The molecule has 0 aliphatic carbocycles. The number of hydrazone groups is 1. The molecule has 0 atom stereocenters. The van der Waals surface area contributed by atoms with Gasteiger partial charge in [-0.3, -0.25) is 5.32 Å². The maximum atomic E-state index is 12.7. The number of urea groups is 1. The molecule has 7 nitrogen and oxygen atoms in total. The fourth-order valence-electron chi connectivity index (χ4n) is 2.06. The van der Waals surface area contributed by atoms with Crippen LogP contribution in [0.15, 0.2) is 41.6 Å². The van der Waals surface area contributed by atoms with E-state index in [1.165, 1.54) is 7.05 Å². The van der Waals surface area contributed by atoms with Crippen LogP contribution in [0.3, 0.4) is 0 Å². The number of aromatic nitrogens is 1. The number of anilines is 2. The van der Waals surface area contributed by atoms with E-state index in [1.807, 2.05) is 6.07 Å². The predicted molar refractivity (Wildman–Crippen MR) is 104 cm³/mol. The zero-order valence-corrected chi connectivity index (χ0v) is 16.3. The lowest BCUT2D eigenvalue weighted by Gasteiger charge is -2.17. The highest BCUT2D eigenvalue weighted by Crippen LogP contribution is 2.33. The second-order valence-corrected chi connectivity index (χ2v) is 6.36. The fraction of sp³-hybridized carbons (Fsp3) is 0.176. The maximum absolute atomic E-state index is 12.7. The van der Waals surface area contributed by atoms with E-state index in [2.05, 4.69) is 20.7 Å². The van der Waals surface area contributed by atoms with Crippen molar-refractivity contribution in [3.63, 3.8) is 0 Å². The number of hydrogen-bond acceptors (Lipinski definition) is 5. The number of hydrogen-bond donors (Lipinski definition) is 2. The van der Waals surface area contributed by atoms with Crippen LogP contribution in [-0.4, -0.2) is 23.9 Å². The van der Waals surface area contributed by atoms with Crippen molar-refractivity contribution in [2.45, 2.75) is 12.6 Å². The SMILES string of the molecule is CN(N=C(CC#N)NC(=O)Nc1ccc(Cl)cc1)c1ncc(C(F)(F)F)cc1Cl. The normalized spacial score (nSPS) is 11.6. The van der Waals surface area contributed by atoms with E-state index >= 15 is 0 Å². The highest BCUT2D eigenvalue weighted by molar-refractivity contribution is 6.33. The van der Waals surface area contributed by atoms with Gasteiger partial charge in [-0.15, -0.1) is 0 Å². The summed E-state index contributed by atoms with van der Waals surface area (Å²) in [6.07, 6.45) is -4.27. The Morgan fingerprint density at radius 2 is 1.97 bits per heavy atom. The van der Waals surface area contributed by atoms with Gasteiger partial charge in [0.05, 0.1) is 23.1 Å². The van der Waals surface area contributed by atoms with Gasteiger partial charge in [0, 0.05) is 24.0 Å². The van der Waals surface area contributed by atoms with E-state index in [0.29, 0.717) is 23.0 Å². The number of pyridine rings is 1. The molecular formula is C17H13Cl2F3N6O. The Kier molecular flexibility index (Phi) is 7.25. The van der Waals surface area contributed by atoms with Crippen molar-refractivity contribution in [2.24, 2.45) is 5.10 Å². The number of nitriles is 1. The highest BCUT2D eigenvalue weighted by Gasteiger charge is 2.32. The first-order valence-electron chi connectivity index (χ1n) is 7.84. The van der Waals surface area contributed by atoms with Crippen LogP contribution in [0, 0.1) is 11.3 Å². The van der Waals surface area contributed by atoms with Crippen LogP contribution in [0.1, 0.15) is 12.0 Å². The standard InChI is InChI=1S/C17H13Cl2F3N6O/c1-28(15-13(19)8-10(9-24-15)17(20,21)22)27-14(6-7-23)26-16(29)25-12-4-2-11(18)3-5-12/h2-5,8-9H,6H2,1H3,(H2,25,26,27,29). The number of carbonyl (C=O) groups excluding carboxylic acids is 1. The number of halogens is 5. The third-order valence-corrected chi connectivity index (χ3v) is 3.86. The molecule has 1 aromatic heterocycles. The zero-order chi connectivity index (χ0) is 21.6. The van der Waals surface area contributed by atoms with E-state index in [-0.39, 0.29) is 23.1 Å². The molecule has 2 rings (SSSR count). The first-order valence-corrected chi connectivity index (χ1v) is 8.60. The molecule has 0 unspecified atom stereocenters. The molecule has 2 N–H and O–H groups in total. The van der Waals surface area contributed by atoms with E-state index in [9.17, 15) is 18.0 Å². The van der Waals surface area contributed by atoms with Crippen molar-refractivity contribution >= 4 is 46.6 Å². The van der Waals surface area contributed by atoms with Crippen molar-refractivity contribution in [2.75, 3.05) is 17.4 Å². The molecule has 0 saturated carbocycles. The minimum atomic E-state index is -4.59. The number of benzene rings is 1. The van der Waals surface area contributed by atoms with Gasteiger partial charge >= 0.3 is 12.2 Å². The van der Waals surface area contributed by atoms with Gasteiger partial charge in [-0.1, -0.05) is 23.2 Å². The number of alkyl halides is 3. The van der Waals surface area contributed by atoms with Crippen molar-refractivity contribution < 1.29 is 18.0 Å². The summed E-state index contributed by atoms with van der Waals surface area (Å²) in [5.41, 5.74) is -0.564. The van der Waals surface area contributed by atoms with Crippen molar-refractivity contribution in [1.82, 2.24) is 10.3 Å². The Labute approximate surface area is 173 Å². The molecule has 0 radical (unpaired) electrons. The van der Waals surface area contributed by atoms with Crippen LogP contribution in [0.4, 0.5) is 29.5 Å². The van der Waals surface area contributed by atoms with E-state index in [4.69, 9.17) is 28.5 Å². The van der Waals surface area contributed by atoms with Crippen LogP contribution < -0.4 is 15.6 Å². The smallest absolute Gasteiger partial charge is 0.308 e. The van der Waals surface area contributed by atoms with Crippen molar-refractivity contribution in [3.8, 4) is 6.07 Å². The molecule has 0 saturated heterocycles. The summed E-state index contributed by atoms with van der Waals surface area (Å²) in [4.78, 5) is 15.7. The quantitative estimate of drug-likeness (QED) is 0.398. The summed E-state index contributed by atoms with van der Waals surface area (Å²) >= 11 is 11.6. The number of carbonyl (C=O) groups is 1. The van der Waals surface area contributed by atoms with E-state index < -0.39 is 17.8 Å². The van der Waals surface area contributed by atoms with Gasteiger partial charge in [0.15, 0.2) is 5.82 Å². The molecule has 2 aromatic rings. The minimum Gasteiger partial charge on any atom is -0.308 e. The molecule has 0 spiro atoms. The largest absolute Gasteiger partial charge is 0.417 e. The van der Waals surface area contributed by atoms with Crippen molar-refractivity contribution in [3.05, 3.63) is 52.1 Å². The number of rotatable bonds is 4. The predicted octanol–water partition coefficient (Wildman–Crippen LogP) is 4.89. The number of nitrogens with zero attached hydrogens (tertiary/aromatic N) is 4. The molecule has 0 aliphatic rings. The van der Waals surface area contributed by atoms with Crippen LogP contribution in [0.5, 0.6) is 0 Å². The van der Waals surface area contributed by atoms with Crippen LogP contribution in [-0.2, 0) is 6.18 Å². The molecule has 12 heteroatoms. The average molecular weight is 445 g/mol. The Morgan fingerprint density at radius 1 is 1.31 bits per heavy atom. The minimum absolute atomic E-state index is 0.0702. The summed E-state index contributed by atoms with van der Waals surface area (Å²) < 4.78 is 38.2. The molecule has 2 amide bonds. The second kappa shape index (κ2) is 9.45. The van der Waals surface area contributed by atoms with Gasteiger partial charge in [-0.05, 0) is 30.3 Å². The van der Waals surface area contributed by atoms with Gasteiger partial charge in [0.2, 0.25) is 0 Å². The summed E-state index contributed by atoms with van der Waals surface area (Å²) in [5, 5.41) is 19.1. The zero-order valence-electron chi connectivity index (χ0n) is 14.8. The van der Waals surface area contributed by atoms with Crippen LogP contribution in [0.25, 0.3) is 0 Å². The number of amides is 2. The lowest BCUT2D eigenvalue weighted by atomic mass is 10.3. The number of amidine groups is 1. The monoisotopic (exact) mass is 444 g/mol. The summed E-state index contributed by atoms with van der Waals surface area (Å²) in [6.45, 7) is 0. The fourth-order valence-corrected chi connectivity index (χ4v) is 2.47. The molecule has 0 bridgehead atoms. The van der Waals surface area contributed by atoms with Gasteiger partial charge in [0.1, 0.15) is 5.84 Å². The van der Waals surface area contributed by atoms with Gasteiger partial charge < -0.3 is 5.32 Å². The first-order chi connectivity index (χ1) is 13.6. The second-order valence-electron chi connectivity index (χ2n) is 5.52. The molecule has 1 heterocycles. The summed E-state index contributed by atoms with van der Waals surface area (Å²) in [5.74, 6) is -0.158. The lowest BCUT2D eigenvalue weighted by molar-refractivity contribution is -0.137.